The van der Waals surface area contributed by atoms with Crippen molar-refractivity contribution in [3.8, 4) is 11.3 Å². The predicted octanol–water partition coefficient (Wildman–Crippen LogP) is 2.95. The maximum Gasteiger partial charge on any atom is 0.0730 e. The van der Waals surface area contributed by atoms with Gasteiger partial charge in [-0.2, -0.15) is 11.3 Å². The van der Waals surface area contributed by atoms with Crippen molar-refractivity contribution in [3.63, 3.8) is 0 Å². The van der Waals surface area contributed by atoms with Crippen LogP contribution in [0.1, 0.15) is 6.42 Å². The molecule has 0 aromatic carbocycles. The van der Waals surface area contributed by atoms with Gasteiger partial charge in [0, 0.05) is 42.5 Å². The van der Waals surface area contributed by atoms with E-state index in [2.05, 4.69) is 57.8 Å². The average Bonchev–Trinajstić information content (AvgIpc) is 3.09. The molecule has 1 unspecified atom stereocenters. The van der Waals surface area contributed by atoms with E-state index in [1.165, 1.54) is 24.2 Å². The summed E-state index contributed by atoms with van der Waals surface area (Å²) in [5.41, 5.74) is 3.54. The highest BCUT2D eigenvalue weighted by atomic mass is 32.1. The molecular weight excluding hydrogens is 254 g/mol. The second-order valence-electron chi connectivity index (χ2n) is 5.23. The molecule has 0 saturated carbocycles. The van der Waals surface area contributed by atoms with Crippen LogP contribution in [0.3, 0.4) is 0 Å². The Labute approximate surface area is 118 Å². The van der Waals surface area contributed by atoms with Crippen LogP contribution in [0.5, 0.6) is 0 Å². The van der Waals surface area contributed by atoms with Gasteiger partial charge in [-0.05, 0) is 43.6 Å². The van der Waals surface area contributed by atoms with Crippen LogP contribution >= 0.6 is 11.3 Å². The zero-order valence-electron chi connectivity index (χ0n) is 11.4. The van der Waals surface area contributed by atoms with Gasteiger partial charge < -0.3 is 9.80 Å². The number of likely N-dealkylation sites (tertiary alicyclic amines) is 1. The van der Waals surface area contributed by atoms with E-state index in [4.69, 9.17) is 0 Å². The molecule has 0 bridgehead atoms. The van der Waals surface area contributed by atoms with Crippen molar-refractivity contribution < 1.29 is 0 Å². The molecule has 3 heterocycles. The van der Waals surface area contributed by atoms with Gasteiger partial charge in [0.15, 0.2) is 0 Å². The molecule has 2 aromatic rings. The van der Waals surface area contributed by atoms with Crippen LogP contribution in [0.2, 0.25) is 0 Å². The number of anilines is 1. The summed E-state index contributed by atoms with van der Waals surface area (Å²) in [7, 11) is 4.38. The maximum absolute atomic E-state index is 4.48. The number of hydrogen-bond donors (Lipinski definition) is 0. The Balaban J connectivity index is 1.83. The first-order valence-corrected chi connectivity index (χ1v) is 7.58. The fourth-order valence-electron chi connectivity index (χ4n) is 2.65. The van der Waals surface area contributed by atoms with E-state index in [-0.39, 0.29) is 0 Å². The van der Waals surface area contributed by atoms with Crippen LogP contribution in [0.4, 0.5) is 5.69 Å². The van der Waals surface area contributed by atoms with Crippen molar-refractivity contribution in [1.82, 2.24) is 9.88 Å². The topological polar surface area (TPSA) is 19.4 Å². The zero-order valence-corrected chi connectivity index (χ0v) is 12.2. The van der Waals surface area contributed by atoms with E-state index in [1.807, 2.05) is 6.20 Å². The number of thiophene rings is 1. The lowest BCUT2D eigenvalue weighted by Gasteiger charge is -2.26. The predicted molar refractivity (Wildman–Crippen MR) is 81.9 cm³/mol. The van der Waals surface area contributed by atoms with Crippen LogP contribution < -0.4 is 4.90 Å². The number of rotatable bonds is 3. The van der Waals surface area contributed by atoms with Gasteiger partial charge in [0.25, 0.3) is 0 Å². The van der Waals surface area contributed by atoms with E-state index >= 15 is 0 Å². The van der Waals surface area contributed by atoms with Gasteiger partial charge >= 0.3 is 0 Å². The molecule has 0 radical (unpaired) electrons. The minimum absolute atomic E-state index is 0.614. The molecule has 3 rings (SSSR count). The van der Waals surface area contributed by atoms with Crippen molar-refractivity contribution in [1.29, 1.82) is 0 Å². The van der Waals surface area contributed by atoms with Gasteiger partial charge in [-0.1, -0.05) is 0 Å². The Bertz CT molecular complexity index is 538. The summed E-state index contributed by atoms with van der Waals surface area (Å²) >= 11 is 1.71. The van der Waals surface area contributed by atoms with Gasteiger partial charge in [0.1, 0.15) is 0 Å². The fraction of sp³-hybridized carbons (Fsp3) is 0.400. The monoisotopic (exact) mass is 273 g/mol. The van der Waals surface area contributed by atoms with Crippen molar-refractivity contribution in [2.45, 2.75) is 12.5 Å². The van der Waals surface area contributed by atoms with Crippen LogP contribution in [-0.2, 0) is 0 Å². The highest BCUT2D eigenvalue weighted by molar-refractivity contribution is 7.08. The summed E-state index contributed by atoms with van der Waals surface area (Å²) in [5.74, 6) is 0. The lowest BCUT2D eigenvalue weighted by Crippen LogP contribution is -2.33. The molecule has 3 nitrogen and oxygen atoms in total. The van der Waals surface area contributed by atoms with Crippen molar-refractivity contribution in [2.24, 2.45) is 0 Å². The first kappa shape index (κ1) is 12.6. The Morgan fingerprint density at radius 3 is 3.00 bits per heavy atom. The van der Waals surface area contributed by atoms with Gasteiger partial charge in [0.2, 0.25) is 0 Å². The Kier molecular flexibility index (Phi) is 3.53. The van der Waals surface area contributed by atoms with E-state index in [9.17, 15) is 0 Å². The third-order valence-corrected chi connectivity index (χ3v) is 4.57. The summed E-state index contributed by atoms with van der Waals surface area (Å²) in [6, 6.07) is 7.04. The number of hydrogen-bond acceptors (Lipinski definition) is 4. The van der Waals surface area contributed by atoms with E-state index < -0.39 is 0 Å². The summed E-state index contributed by atoms with van der Waals surface area (Å²) < 4.78 is 0. The number of pyridine rings is 1. The SMILES string of the molecule is CN1CCC(N(C)c2ccnc(-c3ccsc3)c2)C1. The van der Waals surface area contributed by atoms with E-state index in [0.717, 1.165) is 12.2 Å². The number of nitrogens with zero attached hydrogens (tertiary/aromatic N) is 3. The smallest absolute Gasteiger partial charge is 0.0730 e. The average molecular weight is 273 g/mol. The van der Waals surface area contributed by atoms with Crippen molar-refractivity contribution >= 4 is 17.0 Å². The fourth-order valence-corrected chi connectivity index (χ4v) is 3.30. The van der Waals surface area contributed by atoms with Gasteiger partial charge in [0.05, 0.1) is 5.69 Å². The Morgan fingerprint density at radius 2 is 2.32 bits per heavy atom. The second kappa shape index (κ2) is 5.31. The lowest BCUT2D eigenvalue weighted by atomic mass is 10.1. The quantitative estimate of drug-likeness (QED) is 0.857. The first-order chi connectivity index (χ1) is 9.24. The minimum Gasteiger partial charge on any atom is -0.370 e. The molecule has 1 aliphatic heterocycles. The molecule has 1 fully saturated rings. The number of likely N-dealkylation sites (N-methyl/N-ethyl adjacent to an activating group) is 2. The molecule has 2 aromatic heterocycles. The van der Waals surface area contributed by atoms with Crippen molar-refractivity contribution in [2.75, 3.05) is 32.1 Å². The Hall–Kier alpha value is -1.39. The first-order valence-electron chi connectivity index (χ1n) is 6.64. The summed E-state index contributed by atoms with van der Waals surface area (Å²) in [4.78, 5) is 9.26. The standard InChI is InChI=1S/C15H19N3S/c1-17-7-4-14(10-17)18(2)13-3-6-16-15(9-13)12-5-8-19-11-12/h3,5-6,8-9,11,14H,4,7,10H2,1-2H3. The summed E-state index contributed by atoms with van der Waals surface area (Å²) in [6.07, 6.45) is 3.15. The lowest BCUT2D eigenvalue weighted by molar-refractivity contribution is 0.409. The molecule has 1 atom stereocenters. The molecule has 0 N–H and O–H groups in total. The highest BCUT2D eigenvalue weighted by Crippen LogP contribution is 2.26. The molecule has 1 aliphatic rings. The van der Waals surface area contributed by atoms with E-state index in [0.29, 0.717) is 6.04 Å². The zero-order chi connectivity index (χ0) is 13.2. The molecule has 0 amide bonds. The third kappa shape index (κ3) is 2.65. The Morgan fingerprint density at radius 1 is 1.42 bits per heavy atom. The van der Waals surface area contributed by atoms with E-state index in [1.54, 1.807) is 11.3 Å². The maximum atomic E-state index is 4.48. The van der Waals surface area contributed by atoms with Crippen LogP contribution in [0.15, 0.2) is 35.2 Å². The number of aromatic nitrogens is 1. The van der Waals surface area contributed by atoms with Crippen LogP contribution in [-0.4, -0.2) is 43.1 Å². The van der Waals surface area contributed by atoms with Gasteiger partial charge in [-0.15, -0.1) is 0 Å². The highest BCUT2D eigenvalue weighted by Gasteiger charge is 2.23. The van der Waals surface area contributed by atoms with Crippen LogP contribution in [0, 0.1) is 0 Å². The minimum atomic E-state index is 0.614. The molecule has 1 saturated heterocycles. The normalized spacial score (nSPS) is 19.8. The molecule has 0 aliphatic carbocycles. The summed E-state index contributed by atoms with van der Waals surface area (Å²) in [5, 5.41) is 4.24. The van der Waals surface area contributed by atoms with Crippen molar-refractivity contribution in [3.05, 3.63) is 35.2 Å². The van der Waals surface area contributed by atoms with Crippen LogP contribution in [0.25, 0.3) is 11.3 Å². The third-order valence-electron chi connectivity index (χ3n) is 3.88. The molecule has 100 valence electrons. The second-order valence-corrected chi connectivity index (χ2v) is 6.01. The molecule has 4 heteroatoms. The summed E-state index contributed by atoms with van der Waals surface area (Å²) in [6.45, 7) is 2.34. The molecule has 0 spiro atoms. The largest absolute Gasteiger partial charge is 0.370 e. The molecular formula is C15H19N3S. The molecule has 19 heavy (non-hydrogen) atoms. The van der Waals surface area contributed by atoms with Gasteiger partial charge in [-0.3, -0.25) is 4.98 Å². The van der Waals surface area contributed by atoms with Gasteiger partial charge in [-0.25, -0.2) is 0 Å².